The lowest BCUT2D eigenvalue weighted by molar-refractivity contribution is -0.124. The standard InChI is InChI=1S/C14H25N3O4/c1-5-11(6-2)12(18)15-13(19)16-14(20)17-7-9(3)21-10(4)8-17/h9-11H,5-8H2,1-4H3,(H2,15,16,18,19,20)/t9-,10+. The molecule has 2 N–H and O–H groups in total. The van der Waals surface area contributed by atoms with Gasteiger partial charge in [0.2, 0.25) is 5.91 Å². The quantitative estimate of drug-likeness (QED) is 0.826. The monoisotopic (exact) mass is 299 g/mol. The topological polar surface area (TPSA) is 87.7 Å². The highest BCUT2D eigenvalue weighted by Gasteiger charge is 2.27. The van der Waals surface area contributed by atoms with Crippen LogP contribution in [0.3, 0.4) is 0 Å². The summed E-state index contributed by atoms with van der Waals surface area (Å²) in [6.45, 7) is 8.34. The number of amides is 5. The number of hydrogen-bond acceptors (Lipinski definition) is 4. The van der Waals surface area contributed by atoms with Gasteiger partial charge in [0, 0.05) is 19.0 Å². The Labute approximate surface area is 125 Å². The smallest absolute Gasteiger partial charge is 0.329 e. The maximum absolute atomic E-state index is 12.0. The molecule has 0 aromatic carbocycles. The molecule has 0 radical (unpaired) electrons. The first-order chi connectivity index (χ1) is 9.87. The van der Waals surface area contributed by atoms with Gasteiger partial charge in [-0.05, 0) is 26.7 Å². The van der Waals surface area contributed by atoms with Crippen molar-refractivity contribution in [3.63, 3.8) is 0 Å². The first-order valence-corrected chi connectivity index (χ1v) is 7.43. The van der Waals surface area contributed by atoms with Crippen LogP contribution in [0.4, 0.5) is 9.59 Å². The Hall–Kier alpha value is -1.63. The predicted molar refractivity (Wildman–Crippen MR) is 77.7 cm³/mol. The third-order valence-electron chi connectivity index (χ3n) is 3.52. The van der Waals surface area contributed by atoms with Crippen LogP contribution in [0.15, 0.2) is 0 Å². The van der Waals surface area contributed by atoms with Crippen LogP contribution in [-0.2, 0) is 9.53 Å². The lowest BCUT2D eigenvalue weighted by atomic mass is 10.0. The number of carbonyl (C=O) groups is 3. The molecule has 0 unspecified atom stereocenters. The molecule has 21 heavy (non-hydrogen) atoms. The Kier molecular flexibility index (Phi) is 6.61. The molecule has 120 valence electrons. The molecule has 1 heterocycles. The molecule has 1 saturated heterocycles. The van der Waals surface area contributed by atoms with E-state index in [0.717, 1.165) is 0 Å². The molecule has 5 amide bonds. The number of morpholine rings is 1. The Bertz CT molecular complexity index is 386. The fraction of sp³-hybridized carbons (Fsp3) is 0.786. The van der Waals surface area contributed by atoms with Gasteiger partial charge in [-0.1, -0.05) is 13.8 Å². The zero-order chi connectivity index (χ0) is 16.0. The minimum Gasteiger partial charge on any atom is -0.372 e. The van der Waals surface area contributed by atoms with Crippen molar-refractivity contribution in [3.05, 3.63) is 0 Å². The Morgan fingerprint density at radius 1 is 1.10 bits per heavy atom. The van der Waals surface area contributed by atoms with E-state index in [9.17, 15) is 14.4 Å². The molecule has 0 aromatic heterocycles. The lowest BCUT2D eigenvalue weighted by Crippen LogP contribution is -2.55. The normalized spacial score (nSPS) is 22.0. The van der Waals surface area contributed by atoms with E-state index in [-0.39, 0.29) is 24.0 Å². The third-order valence-corrected chi connectivity index (χ3v) is 3.52. The van der Waals surface area contributed by atoms with Crippen LogP contribution in [0.2, 0.25) is 0 Å². The van der Waals surface area contributed by atoms with Gasteiger partial charge < -0.3 is 9.64 Å². The van der Waals surface area contributed by atoms with E-state index in [1.54, 1.807) is 0 Å². The number of rotatable bonds is 3. The van der Waals surface area contributed by atoms with Crippen LogP contribution in [0, 0.1) is 5.92 Å². The van der Waals surface area contributed by atoms with E-state index in [1.165, 1.54) is 4.90 Å². The summed E-state index contributed by atoms with van der Waals surface area (Å²) in [6.07, 6.45) is 1.16. The number of nitrogens with one attached hydrogen (secondary N) is 2. The van der Waals surface area contributed by atoms with Gasteiger partial charge in [-0.15, -0.1) is 0 Å². The van der Waals surface area contributed by atoms with Crippen LogP contribution < -0.4 is 10.6 Å². The average molecular weight is 299 g/mol. The van der Waals surface area contributed by atoms with E-state index >= 15 is 0 Å². The summed E-state index contributed by atoms with van der Waals surface area (Å²) >= 11 is 0. The van der Waals surface area contributed by atoms with Gasteiger partial charge in [0.1, 0.15) is 0 Å². The molecule has 0 saturated carbocycles. The molecule has 7 heteroatoms. The molecule has 0 spiro atoms. The molecular formula is C14H25N3O4. The number of carbonyl (C=O) groups excluding carboxylic acids is 3. The minimum atomic E-state index is -0.774. The Morgan fingerprint density at radius 3 is 2.10 bits per heavy atom. The number of urea groups is 2. The summed E-state index contributed by atoms with van der Waals surface area (Å²) < 4.78 is 5.52. The molecule has 1 rings (SSSR count). The molecule has 0 bridgehead atoms. The first kappa shape index (κ1) is 17.4. The van der Waals surface area contributed by atoms with Crippen LogP contribution in [0.1, 0.15) is 40.5 Å². The average Bonchev–Trinajstić information content (AvgIpc) is 2.38. The van der Waals surface area contributed by atoms with Crippen LogP contribution in [0.25, 0.3) is 0 Å². The van der Waals surface area contributed by atoms with Crippen molar-refractivity contribution in [3.8, 4) is 0 Å². The molecular weight excluding hydrogens is 274 g/mol. The molecule has 2 atom stereocenters. The van der Waals surface area contributed by atoms with Crippen molar-refractivity contribution in [1.82, 2.24) is 15.5 Å². The minimum absolute atomic E-state index is 0.0752. The summed E-state index contributed by atoms with van der Waals surface area (Å²) in [7, 11) is 0. The van der Waals surface area contributed by atoms with E-state index in [4.69, 9.17) is 4.74 Å². The highest BCUT2D eigenvalue weighted by Crippen LogP contribution is 2.10. The van der Waals surface area contributed by atoms with E-state index in [2.05, 4.69) is 10.6 Å². The second kappa shape index (κ2) is 7.97. The number of imide groups is 2. The zero-order valence-electron chi connectivity index (χ0n) is 13.1. The van der Waals surface area contributed by atoms with Crippen molar-refractivity contribution in [2.75, 3.05) is 13.1 Å². The van der Waals surface area contributed by atoms with E-state index in [1.807, 2.05) is 27.7 Å². The van der Waals surface area contributed by atoms with Crippen LogP contribution in [-0.4, -0.2) is 48.2 Å². The van der Waals surface area contributed by atoms with Crippen LogP contribution in [0.5, 0.6) is 0 Å². The molecule has 1 fully saturated rings. The summed E-state index contributed by atoms with van der Waals surface area (Å²) in [4.78, 5) is 36.9. The second-order valence-corrected chi connectivity index (χ2v) is 5.42. The number of hydrogen-bond donors (Lipinski definition) is 2. The van der Waals surface area contributed by atoms with Gasteiger partial charge in [-0.25, -0.2) is 9.59 Å². The molecule has 1 aliphatic rings. The highest BCUT2D eigenvalue weighted by atomic mass is 16.5. The van der Waals surface area contributed by atoms with Gasteiger partial charge in [-0.2, -0.15) is 0 Å². The van der Waals surface area contributed by atoms with Crippen molar-refractivity contribution < 1.29 is 19.1 Å². The first-order valence-electron chi connectivity index (χ1n) is 7.43. The van der Waals surface area contributed by atoms with Gasteiger partial charge in [0.15, 0.2) is 0 Å². The molecule has 7 nitrogen and oxygen atoms in total. The van der Waals surface area contributed by atoms with Gasteiger partial charge >= 0.3 is 12.1 Å². The third kappa shape index (κ3) is 5.34. The van der Waals surface area contributed by atoms with E-state index < -0.39 is 12.1 Å². The van der Waals surface area contributed by atoms with Gasteiger partial charge in [0.25, 0.3) is 0 Å². The lowest BCUT2D eigenvalue weighted by Gasteiger charge is -2.35. The predicted octanol–water partition coefficient (Wildman–Crippen LogP) is 1.48. The molecule has 0 aliphatic carbocycles. The fourth-order valence-corrected chi connectivity index (χ4v) is 2.42. The highest BCUT2D eigenvalue weighted by molar-refractivity contribution is 6.02. The van der Waals surface area contributed by atoms with Gasteiger partial charge in [0.05, 0.1) is 12.2 Å². The fourth-order valence-electron chi connectivity index (χ4n) is 2.42. The number of nitrogens with zero attached hydrogens (tertiary/aromatic N) is 1. The summed E-state index contributed by atoms with van der Waals surface area (Å²) in [5.74, 6) is -0.566. The van der Waals surface area contributed by atoms with Crippen molar-refractivity contribution in [2.24, 2.45) is 5.92 Å². The SMILES string of the molecule is CCC(CC)C(=O)NC(=O)NC(=O)N1C[C@@H](C)O[C@@H](C)C1. The maximum Gasteiger partial charge on any atom is 0.329 e. The zero-order valence-corrected chi connectivity index (χ0v) is 13.1. The summed E-state index contributed by atoms with van der Waals surface area (Å²) in [6, 6.07) is -1.28. The van der Waals surface area contributed by atoms with Crippen LogP contribution >= 0.6 is 0 Å². The summed E-state index contributed by atoms with van der Waals surface area (Å²) in [5.41, 5.74) is 0. The maximum atomic E-state index is 12.0. The van der Waals surface area contributed by atoms with Crippen molar-refractivity contribution >= 4 is 18.0 Å². The van der Waals surface area contributed by atoms with Crippen molar-refractivity contribution in [2.45, 2.75) is 52.7 Å². The Balaban J connectivity index is 2.47. The number of ether oxygens (including phenoxy) is 1. The largest absolute Gasteiger partial charge is 0.372 e. The molecule has 0 aromatic rings. The van der Waals surface area contributed by atoms with Crippen molar-refractivity contribution in [1.29, 1.82) is 0 Å². The second-order valence-electron chi connectivity index (χ2n) is 5.42. The Morgan fingerprint density at radius 2 is 1.62 bits per heavy atom. The van der Waals surface area contributed by atoms with E-state index in [0.29, 0.717) is 25.9 Å². The summed E-state index contributed by atoms with van der Waals surface area (Å²) in [5, 5.41) is 4.39. The van der Waals surface area contributed by atoms with Gasteiger partial charge in [-0.3, -0.25) is 15.4 Å². The molecule has 1 aliphatic heterocycles.